The average Bonchev–Trinajstić information content (AvgIpc) is 2.59. The van der Waals surface area contributed by atoms with E-state index < -0.39 is 5.97 Å². The Bertz CT molecular complexity index is 538. The van der Waals surface area contributed by atoms with Gasteiger partial charge in [-0.05, 0) is 12.1 Å². The summed E-state index contributed by atoms with van der Waals surface area (Å²) in [7, 11) is 0. The third-order valence-corrected chi connectivity index (χ3v) is 2.46. The van der Waals surface area contributed by atoms with Gasteiger partial charge in [0.15, 0.2) is 11.5 Å². The molecule has 0 fully saturated rings. The van der Waals surface area contributed by atoms with Gasteiger partial charge in [0.05, 0.1) is 11.4 Å². The number of carboxylic acid groups (broad SMARTS) is 1. The van der Waals surface area contributed by atoms with Gasteiger partial charge in [0.2, 0.25) is 0 Å². The first-order valence-electron chi connectivity index (χ1n) is 4.80. The van der Waals surface area contributed by atoms with Crippen LogP contribution >= 0.6 is 11.6 Å². The highest BCUT2D eigenvalue weighted by atomic mass is 35.5. The second-order valence-electron chi connectivity index (χ2n) is 3.62. The molecule has 84 valence electrons. The van der Waals surface area contributed by atoms with Crippen LogP contribution in [0.4, 0.5) is 0 Å². The molecule has 0 aromatic carbocycles. The minimum atomic E-state index is -0.857. The SMILES string of the molecule is CC(CC(=O)O)c1nc2ccc(Cl)cn2n1. The number of pyridine rings is 1. The molecule has 0 amide bonds. The third kappa shape index (κ3) is 2.14. The molecule has 2 aromatic heterocycles. The summed E-state index contributed by atoms with van der Waals surface area (Å²) in [6, 6.07) is 3.46. The van der Waals surface area contributed by atoms with Gasteiger partial charge in [-0.15, -0.1) is 0 Å². The van der Waals surface area contributed by atoms with Crippen molar-refractivity contribution >= 4 is 23.2 Å². The van der Waals surface area contributed by atoms with E-state index in [0.29, 0.717) is 16.5 Å². The van der Waals surface area contributed by atoms with Crippen LogP contribution in [-0.2, 0) is 4.79 Å². The van der Waals surface area contributed by atoms with Crippen molar-refractivity contribution in [3.05, 3.63) is 29.2 Å². The number of fused-ring (bicyclic) bond motifs is 1. The molecule has 0 saturated heterocycles. The summed E-state index contributed by atoms with van der Waals surface area (Å²) in [5.74, 6) is -0.551. The summed E-state index contributed by atoms with van der Waals surface area (Å²) >= 11 is 5.81. The molecule has 0 saturated carbocycles. The second kappa shape index (κ2) is 4.09. The van der Waals surface area contributed by atoms with Gasteiger partial charge >= 0.3 is 5.97 Å². The van der Waals surface area contributed by atoms with E-state index in [1.165, 1.54) is 0 Å². The zero-order valence-corrected chi connectivity index (χ0v) is 9.35. The molecule has 0 aliphatic carbocycles. The summed E-state index contributed by atoms with van der Waals surface area (Å²) in [6.45, 7) is 1.78. The van der Waals surface area contributed by atoms with Gasteiger partial charge < -0.3 is 5.11 Å². The minimum Gasteiger partial charge on any atom is -0.481 e. The highest BCUT2D eigenvalue weighted by Crippen LogP contribution is 2.17. The molecular formula is C10H10ClN3O2. The van der Waals surface area contributed by atoms with Crippen LogP contribution in [0, 0.1) is 0 Å². The number of rotatable bonds is 3. The van der Waals surface area contributed by atoms with E-state index >= 15 is 0 Å². The van der Waals surface area contributed by atoms with Crippen LogP contribution in [-0.4, -0.2) is 25.7 Å². The smallest absolute Gasteiger partial charge is 0.304 e. The van der Waals surface area contributed by atoms with Crippen LogP contribution in [0.5, 0.6) is 0 Å². The molecule has 0 aliphatic rings. The minimum absolute atomic E-state index is 0.0185. The van der Waals surface area contributed by atoms with E-state index in [2.05, 4.69) is 10.1 Å². The van der Waals surface area contributed by atoms with Gasteiger partial charge in [0.1, 0.15) is 0 Å². The fourth-order valence-corrected chi connectivity index (χ4v) is 1.59. The largest absolute Gasteiger partial charge is 0.481 e. The predicted octanol–water partition coefficient (Wildman–Crippen LogP) is 1.96. The van der Waals surface area contributed by atoms with Crippen LogP contribution in [0.2, 0.25) is 5.02 Å². The van der Waals surface area contributed by atoms with E-state index in [1.807, 2.05) is 0 Å². The maximum atomic E-state index is 10.6. The molecule has 2 heterocycles. The molecule has 6 heteroatoms. The third-order valence-electron chi connectivity index (χ3n) is 2.23. The van der Waals surface area contributed by atoms with E-state index in [9.17, 15) is 4.79 Å². The molecule has 0 aliphatic heterocycles. The number of halogens is 1. The quantitative estimate of drug-likeness (QED) is 0.889. The highest BCUT2D eigenvalue weighted by Gasteiger charge is 2.15. The lowest BCUT2D eigenvalue weighted by Gasteiger charge is -2.01. The fourth-order valence-electron chi connectivity index (χ4n) is 1.44. The van der Waals surface area contributed by atoms with Crippen LogP contribution in [0.25, 0.3) is 5.65 Å². The maximum Gasteiger partial charge on any atom is 0.304 e. The molecule has 1 atom stereocenters. The van der Waals surface area contributed by atoms with Gasteiger partial charge in [-0.25, -0.2) is 9.50 Å². The Morgan fingerprint density at radius 2 is 2.38 bits per heavy atom. The number of carbonyl (C=O) groups is 1. The second-order valence-corrected chi connectivity index (χ2v) is 4.06. The van der Waals surface area contributed by atoms with Crippen molar-refractivity contribution in [3.63, 3.8) is 0 Å². The number of carboxylic acids is 1. The maximum absolute atomic E-state index is 10.6. The topological polar surface area (TPSA) is 67.5 Å². The normalized spacial score (nSPS) is 12.9. The molecule has 5 nitrogen and oxygen atoms in total. The van der Waals surface area contributed by atoms with Crippen molar-refractivity contribution in [2.24, 2.45) is 0 Å². The van der Waals surface area contributed by atoms with Gasteiger partial charge in [-0.3, -0.25) is 4.79 Å². The Labute approximate surface area is 96.7 Å². The summed E-state index contributed by atoms with van der Waals surface area (Å²) in [4.78, 5) is 14.8. The standard InChI is InChI=1S/C10H10ClN3O2/c1-6(4-9(15)16)10-12-8-3-2-7(11)5-14(8)13-10/h2-3,5-6H,4H2,1H3,(H,15,16). The Balaban J connectivity index is 2.35. The first-order valence-corrected chi connectivity index (χ1v) is 5.17. The van der Waals surface area contributed by atoms with Crippen LogP contribution in [0.15, 0.2) is 18.3 Å². The van der Waals surface area contributed by atoms with Crippen LogP contribution in [0.1, 0.15) is 25.1 Å². The number of aromatic nitrogens is 3. The lowest BCUT2D eigenvalue weighted by molar-refractivity contribution is -0.137. The summed E-state index contributed by atoms with van der Waals surface area (Å²) in [5, 5.41) is 13.4. The molecule has 1 N–H and O–H groups in total. The number of hydrogen-bond acceptors (Lipinski definition) is 3. The monoisotopic (exact) mass is 239 g/mol. The molecular weight excluding hydrogens is 230 g/mol. The zero-order valence-electron chi connectivity index (χ0n) is 8.59. The Hall–Kier alpha value is -1.62. The Morgan fingerprint density at radius 1 is 1.62 bits per heavy atom. The fraction of sp³-hybridized carbons (Fsp3) is 0.300. The van der Waals surface area contributed by atoms with Crippen molar-refractivity contribution < 1.29 is 9.90 Å². The van der Waals surface area contributed by atoms with Crippen molar-refractivity contribution in [2.45, 2.75) is 19.3 Å². The van der Waals surface area contributed by atoms with Crippen LogP contribution < -0.4 is 0 Å². The van der Waals surface area contributed by atoms with Gasteiger partial charge in [0, 0.05) is 12.1 Å². The lowest BCUT2D eigenvalue weighted by atomic mass is 10.1. The average molecular weight is 240 g/mol. The van der Waals surface area contributed by atoms with Crippen molar-refractivity contribution in [2.75, 3.05) is 0 Å². The van der Waals surface area contributed by atoms with E-state index in [4.69, 9.17) is 16.7 Å². The molecule has 0 radical (unpaired) electrons. The highest BCUT2D eigenvalue weighted by molar-refractivity contribution is 6.30. The van der Waals surface area contributed by atoms with Crippen molar-refractivity contribution in [3.8, 4) is 0 Å². The zero-order chi connectivity index (χ0) is 11.7. The molecule has 1 unspecified atom stereocenters. The number of nitrogens with zero attached hydrogens (tertiary/aromatic N) is 3. The predicted molar refractivity (Wildman–Crippen MR) is 58.7 cm³/mol. The molecule has 2 rings (SSSR count). The summed E-state index contributed by atoms with van der Waals surface area (Å²) in [5.41, 5.74) is 0.664. The van der Waals surface area contributed by atoms with Gasteiger partial charge in [-0.1, -0.05) is 18.5 Å². The van der Waals surface area contributed by atoms with Crippen LogP contribution in [0.3, 0.4) is 0 Å². The van der Waals surface area contributed by atoms with Crippen molar-refractivity contribution in [1.29, 1.82) is 0 Å². The first kappa shape index (κ1) is 10.9. The summed E-state index contributed by atoms with van der Waals surface area (Å²) < 4.78 is 1.55. The molecule has 0 spiro atoms. The first-order chi connectivity index (χ1) is 7.56. The van der Waals surface area contributed by atoms with Crippen molar-refractivity contribution in [1.82, 2.24) is 14.6 Å². The number of aliphatic carboxylic acids is 1. The van der Waals surface area contributed by atoms with E-state index in [0.717, 1.165) is 0 Å². The molecule has 0 bridgehead atoms. The van der Waals surface area contributed by atoms with Gasteiger partial charge in [0.25, 0.3) is 0 Å². The Morgan fingerprint density at radius 3 is 3.06 bits per heavy atom. The number of hydrogen-bond donors (Lipinski definition) is 1. The summed E-state index contributed by atoms with van der Waals surface area (Å²) in [6.07, 6.45) is 1.66. The molecule has 16 heavy (non-hydrogen) atoms. The molecule has 2 aromatic rings. The Kier molecular flexibility index (Phi) is 2.78. The van der Waals surface area contributed by atoms with Gasteiger partial charge in [-0.2, -0.15) is 5.10 Å². The lowest BCUT2D eigenvalue weighted by Crippen LogP contribution is -2.04. The van der Waals surface area contributed by atoms with E-state index in [-0.39, 0.29) is 12.3 Å². The van der Waals surface area contributed by atoms with E-state index in [1.54, 1.807) is 29.8 Å².